The first-order valence-electron chi connectivity index (χ1n) is 19.0. The molecule has 4 aromatic carbocycles. The Labute approximate surface area is 303 Å². The van der Waals surface area contributed by atoms with Crippen molar-refractivity contribution in [2.45, 2.75) is 116 Å². The van der Waals surface area contributed by atoms with Gasteiger partial charge in [0.2, 0.25) is 0 Å². The van der Waals surface area contributed by atoms with Crippen LogP contribution in [0.3, 0.4) is 0 Å². The molecule has 0 saturated heterocycles. The zero-order chi connectivity index (χ0) is 36.4. The molecule has 6 aromatic rings. The Bertz CT molecular complexity index is 2180. The number of hydrogen-bond donors (Lipinski definition) is 0. The standard InChI is InChI=1S/C46H58N2Si2/c1-29(2)49(30(3)4,31(5)6)21-19-39-25-37-23-35-15-17-42-41(43(35)27-45(37)47(39)13)18-16-36-24-38-26-40(48(14)46(38)28-44(36)42)20-22-50(32(7)8,33(9)10)34(11)12/h15-18,23-34H,1-14H3. The van der Waals surface area contributed by atoms with Gasteiger partial charge in [-0.1, -0.05) is 119 Å². The van der Waals surface area contributed by atoms with E-state index in [2.05, 4.69) is 190 Å². The minimum absolute atomic E-state index is 0.616. The molecule has 0 fully saturated rings. The van der Waals surface area contributed by atoms with Crippen molar-refractivity contribution in [3.63, 3.8) is 0 Å². The zero-order valence-corrected chi connectivity index (χ0v) is 35.1. The van der Waals surface area contributed by atoms with Crippen molar-refractivity contribution in [1.29, 1.82) is 0 Å². The highest BCUT2D eigenvalue weighted by Crippen LogP contribution is 2.42. The molecule has 0 unspecified atom stereocenters. The van der Waals surface area contributed by atoms with E-state index in [-0.39, 0.29) is 0 Å². The minimum Gasteiger partial charge on any atom is -0.337 e. The van der Waals surface area contributed by atoms with Crippen LogP contribution in [0.1, 0.15) is 94.5 Å². The lowest BCUT2D eigenvalue weighted by Gasteiger charge is -2.38. The molecule has 0 radical (unpaired) electrons. The highest BCUT2D eigenvalue weighted by Gasteiger charge is 2.42. The van der Waals surface area contributed by atoms with Gasteiger partial charge in [0.1, 0.15) is 16.1 Å². The maximum absolute atomic E-state index is 3.95. The first-order valence-corrected chi connectivity index (χ1v) is 23.4. The maximum atomic E-state index is 3.95. The van der Waals surface area contributed by atoms with Crippen LogP contribution in [0.2, 0.25) is 33.2 Å². The number of aromatic nitrogens is 2. The molecule has 0 bridgehead atoms. The summed E-state index contributed by atoms with van der Waals surface area (Å²) in [5.41, 5.74) is 16.3. The van der Waals surface area contributed by atoms with Crippen molar-refractivity contribution in [2.24, 2.45) is 14.1 Å². The quantitative estimate of drug-likeness (QED) is 0.0933. The molecule has 2 nitrogen and oxygen atoms in total. The second kappa shape index (κ2) is 13.1. The van der Waals surface area contributed by atoms with Gasteiger partial charge in [0, 0.05) is 35.9 Å². The van der Waals surface area contributed by atoms with Crippen LogP contribution in [0, 0.1) is 22.9 Å². The van der Waals surface area contributed by atoms with E-state index in [1.165, 1.54) is 54.1 Å². The predicted octanol–water partition coefficient (Wildman–Crippen LogP) is 13.3. The molecule has 0 aliphatic rings. The van der Waals surface area contributed by atoms with Gasteiger partial charge in [-0.2, -0.15) is 0 Å². The SMILES string of the molecule is CC(C)[Si](C#Cc1cc2cc3ccc4c5cc6c(cc(C#C[Si](C(C)C)(C(C)C)C(C)C)n6C)cc5ccc4c3cc2n1C)(C(C)C)C(C)C. The van der Waals surface area contributed by atoms with E-state index in [1.54, 1.807) is 0 Å². The van der Waals surface area contributed by atoms with Crippen molar-refractivity contribution in [3.05, 3.63) is 72.1 Å². The van der Waals surface area contributed by atoms with E-state index < -0.39 is 16.1 Å². The fraction of sp³-hybridized carbons (Fsp3) is 0.435. The van der Waals surface area contributed by atoms with Gasteiger partial charge in [-0.05, 0) is 102 Å². The number of aryl methyl sites for hydroxylation is 2. The van der Waals surface area contributed by atoms with Gasteiger partial charge in [0.05, 0.1) is 11.4 Å². The molecule has 0 aliphatic carbocycles. The van der Waals surface area contributed by atoms with Crippen LogP contribution in [-0.2, 0) is 14.1 Å². The molecule has 2 aromatic heterocycles. The molecule has 260 valence electrons. The molecule has 6 rings (SSSR count). The van der Waals surface area contributed by atoms with Crippen LogP contribution in [-0.4, -0.2) is 25.3 Å². The molecule has 0 aliphatic heterocycles. The van der Waals surface area contributed by atoms with Crippen LogP contribution in [0.15, 0.2) is 60.7 Å². The Morgan fingerprint density at radius 2 is 0.720 bits per heavy atom. The highest BCUT2D eigenvalue weighted by atomic mass is 28.3. The van der Waals surface area contributed by atoms with Gasteiger partial charge in [-0.3, -0.25) is 0 Å². The van der Waals surface area contributed by atoms with Crippen LogP contribution in [0.5, 0.6) is 0 Å². The first kappa shape index (κ1) is 36.1. The molecular weight excluding hydrogens is 637 g/mol. The van der Waals surface area contributed by atoms with Gasteiger partial charge in [0.25, 0.3) is 0 Å². The summed E-state index contributed by atoms with van der Waals surface area (Å²) in [6.45, 7) is 28.7. The van der Waals surface area contributed by atoms with E-state index in [4.69, 9.17) is 0 Å². The molecular formula is C46H58N2Si2. The zero-order valence-electron chi connectivity index (χ0n) is 33.1. The molecule has 2 heterocycles. The fourth-order valence-corrected chi connectivity index (χ4v) is 20.4. The molecule has 0 atom stereocenters. The number of nitrogens with zero attached hydrogens (tertiary/aromatic N) is 2. The van der Waals surface area contributed by atoms with Crippen molar-refractivity contribution in [3.8, 4) is 22.9 Å². The topological polar surface area (TPSA) is 9.86 Å². The van der Waals surface area contributed by atoms with E-state index in [0.717, 1.165) is 11.4 Å². The largest absolute Gasteiger partial charge is 0.337 e. The fourth-order valence-electron chi connectivity index (χ4n) is 9.99. The molecule has 50 heavy (non-hydrogen) atoms. The van der Waals surface area contributed by atoms with Gasteiger partial charge < -0.3 is 9.13 Å². The van der Waals surface area contributed by atoms with Crippen LogP contribution >= 0.6 is 0 Å². The van der Waals surface area contributed by atoms with Gasteiger partial charge in [-0.25, -0.2) is 0 Å². The van der Waals surface area contributed by atoms with E-state index in [1.807, 2.05) is 0 Å². The normalized spacial score (nSPS) is 13.0. The number of fused-ring (bicyclic) bond motifs is 7. The number of hydrogen-bond acceptors (Lipinski definition) is 0. The van der Waals surface area contributed by atoms with E-state index in [0.29, 0.717) is 33.2 Å². The van der Waals surface area contributed by atoms with Crippen LogP contribution in [0.4, 0.5) is 0 Å². The lowest BCUT2D eigenvalue weighted by atomic mass is 9.95. The van der Waals surface area contributed by atoms with Crippen LogP contribution < -0.4 is 0 Å². The Hall–Kier alpha value is -3.71. The summed E-state index contributed by atoms with van der Waals surface area (Å²) in [6.07, 6.45) is 0. The highest BCUT2D eigenvalue weighted by molar-refractivity contribution is 6.91. The average Bonchev–Trinajstić information content (AvgIpc) is 3.52. The summed E-state index contributed by atoms with van der Waals surface area (Å²) in [4.78, 5) is 0. The molecule has 4 heteroatoms. The first-order chi connectivity index (χ1) is 23.5. The third-order valence-corrected chi connectivity index (χ3v) is 25.3. The summed E-state index contributed by atoms with van der Waals surface area (Å²) in [7, 11) is 0.722. The Balaban J connectivity index is 1.49. The average molecular weight is 695 g/mol. The van der Waals surface area contributed by atoms with Crippen molar-refractivity contribution < 1.29 is 0 Å². The van der Waals surface area contributed by atoms with Crippen LogP contribution in [0.25, 0.3) is 54.1 Å². The van der Waals surface area contributed by atoms with E-state index in [9.17, 15) is 0 Å². The number of benzene rings is 4. The summed E-state index contributed by atoms with van der Waals surface area (Å²) in [5, 5.41) is 10.2. The Kier molecular flexibility index (Phi) is 9.47. The molecule has 0 amide bonds. The van der Waals surface area contributed by atoms with Gasteiger partial charge in [0.15, 0.2) is 0 Å². The van der Waals surface area contributed by atoms with Crippen molar-refractivity contribution >= 4 is 70.3 Å². The smallest absolute Gasteiger partial charge is 0.146 e. The molecule has 0 saturated carbocycles. The third kappa shape index (κ3) is 5.55. The Morgan fingerprint density at radius 3 is 1.02 bits per heavy atom. The monoisotopic (exact) mass is 694 g/mol. The summed E-state index contributed by atoms with van der Waals surface area (Å²) >= 11 is 0. The molecule has 0 N–H and O–H groups in total. The lowest BCUT2D eigenvalue weighted by molar-refractivity contribution is 0.838. The van der Waals surface area contributed by atoms with E-state index >= 15 is 0 Å². The second-order valence-electron chi connectivity index (χ2n) is 17.0. The Morgan fingerprint density at radius 1 is 0.400 bits per heavy atom. The molecule has 0 spiro atoms. The van der Waals surface area contributed by atoms with Gasteiger partial charge in [-0.15, -0.1) is 11.1 Å². The lowest BCUT2D eigenvalue weighted by Crippen LogP contribution is -2.43. The second-order valence-corrected chi connectivity index (χ2v) is 28.1. The summed E-state index contributed by atoms with van der Waals surface area (Å²) < 4.78 is 4.63. The van der Waals surface area contributed by atoms with Crippen molar-refractivity contribution in [1.82, 2.24) is 9.13 Å². The number of rotatable bonds is 6. The maximum Gasteiger partial charge on any atom is 0.146 e. The minimum atomic E-state index is -1.82. The summed E-state index contributed by atoms with van der Waals surface area (Å²) in [5.74, 6) is 7.45. The van der Waals surface area contributed by atoms with Crippen molar-refractivity contribution in [2.75, 3.05) is 0 Å². The van der Waals surface area contributed by atoms with Gasteiger partial charge >= 0.3 is 0 Å². The third-order valence-electron chi connectivity index (χ3n) is 12.7. The predicted molar refractivity (Wildman–Crippen MR) is 228 cm³/mol. The summed E-state index contributed by atoms with van der Waals surface area (Å²) in [6, 6.07) is 23.4.